The zero-order chi connectivity index (χ0) is 18.5. The Morgan fingerprint density at radius 3 is 2.30 bits per heavy atom. The van der Waals surface area contributed by atoms with Crippen molar-refractivity contribution >= 4 is 29.0 Å². The van der Waals surface area contributed by atoms with Crippen LogP contribution in [0.3, 0.4) is 0 Å². The monoisotopic (exact) mass is 383 g/mol. The quantitative estimate of drug-likeness (QED) is 0.545. The molecule has 0 aliphatic rings. The molecule has 0 N–H and O–H groups in total. The van der Waals surface area contributed by atoms with Gasteiger partial charge in [-0.25, -0.2) is 0 Å². The summed E-state index contributed by atoms with van der Waals surface area (Å²) in [6, 6.07) is 22.1. The number of methoxy groups -OCH3 is 1. The Balaban J connectivity index is 0.00000261. The molecular weight excluding hydrogens is 358 g/mol. The molecule has 0 amide bonds. The summed E-state index contributed by atoms with van der Waals surface area (Å²) in [5, 5.41) is 2.13. The Morgan fingerprint density at radius 2 is 1.63 bits per heavy atom. The van der Waals surface area contributed by atoms with Gasteiger partial charge in [-0.15, -0.1) is 12.4 Å². The van der Waals surface area contributed by atoms with Gasteiger partial charge in [-0.2, -0.15) is 0 Å². The first-order chi connectivity index (χ1) is 12.6. The van der Waals surface area contributed by atoms with Crippen LogP contribution in [0, 0.1) is 5.92 Å². The summed E-state index contributed by atoms with van der Waals surface area (Å²) < 4.78 is 5.28. The van der Waals surface area contributed by atoms with E-state index in [1.807, 2.05) is 68.7 Å². The van der Waals surface area contributed by atoms with Gasteiger partial charge in [0, 0.05) is 18.0 Å². The number of hydrogen-bond donors (Lipinski definition) is 0. The molecule has 1 atom stereocenters. The fourth-order valence-corrected chi connectivity index (χ4v) is 3.32. The summed E-state index contributed by atoms with van der Waals surface area (Å²) in [6.45, 7) is 0.731. The van der Waals surface area contributed by atoms with Crippen LogP contribution < -0.4 is 4.74 Å². The van der Waals surface area contributed by atoms with E-state index >= 15 is 0 Å². The molecule has 0 fully saturated rings. The van der Waals surface area contributed by atoms with Gasteiger partial charge in [0.1, 0.15) is 5.75 Å². The molecule has 3 aromatic carbocycles. The molecule has 142 valence electrons. The Labute approximate surface area is 167 Å². The van der Waals surface area contributed by atoms with Crippen LogP contribution in [-0.2, 0) is 6.42 Å². The fraction of sp³-hybridized carbons (Fsp3) is 0.261. The Kier molecular flexibility index (Phi) is 7.40. The zero-order valence-electron chi connectivity index (χ0n) is 16.0. The highest BCUT2D eigenvalue weighted by Crippen LogP contribution is 2.24. The molecule has 0 aliphatic heterocycles. The SMILES string of the molecule is COc1ccc2cc(C(=O)C(Cc3ccccc3)CN(C)C)ccc2c1.Cl. The minimum Gasteiger partial charge on any atom is -0.497 e. The molecule has 0 saturated heterocycles. The maximum atomic E-state index is 13.2. The minimum absolute atomic E-state index is 0. The average Bonchev–Trinajstić information content (AvgIpc) is 2.66. The molecule has 3 nitrogen and oxygen atoms in total. The van der Waals surface area contributed by atoms with Gasteiger partial charge in [-0.1, -0.05) is 48.5 Å². The Morgan fingerprint density at radius 1 is 0.963 bits per heavy atom. The number of hydrogen-bond acceptors (Lipinski definition) is 3. The number of fused-ring (bicyclic) bond motifs is 1. The minimum atomic E-state index is -0.0666. The summed E-state index contributed by atoms with van der Waals surface area (Å²) in [6.07, 6.45) is 0.749. The van der Waals surface area contributed by atoms with Gasteiger partial charge < -0.3 is 9.64 Å². The number of carbonyl (C=O) groups is 1. The van der Waals surface area contributed by atoms with E-state index in [4.69, 9.17) is 4.74 Å². The molecule has 3 rings (SSSR count). The predicted octanol–water partition coefficient (Wildman–Crippen LogP) is 4.87. The molecule has 0 aromatic heterocycles. The van der Waals surface area contributed by atoms with Gasteiger partial charge in [0.25, 0.3) is 0 Å². The fourth-order valence-electron chi connectivity index (χ4n) is 3.32. The van der Waals surface area contributed by atoms with Crippen molar-refractivity contribution in [1.82, 2.24) is 4.90 Å². The number of benzene rings is 3. The van der Waals surface area contributed by atoms with E-state index in [0.717, 1.165) is 35.1 Å². The second kappa shape index (κ2) is 9.54. The molecule has 0 heterocycles. The highest BCUT2D eigenvalue weighted by atomic mass is 35.5. The first-order valence-corrected chi connectivity index (χ1v) is 8.87. The highest BCUT2D eigenvalue weighted by Gasteiger charge is 2.21. The second-order valence-electron chi connectivity index (χ2n) is 6.94. The van der Waals surface area contributed by atoms with Gasteiger partial charge in [0.05, 0.1) is 7.11 Å². The van der Waals surface area contributed by atoms with Crippen molar-refractivity contribution in [1.29, 1.82) is 0 Å². The molecule has 27 heavy (non-hydrogen) atoms. The van der Waals surface area contributed by atoms with E-state index in [-0.39, 0.29) is 24.1 Å². The van der Waals surface area contributed by atoms with Gasteiger partial charge in [-0.05, 0) is 55.1 Å². The van der Waals surface area contributed by atoms with Crippen LogP contribution in [0.5, 0.6) is 5.75 Å². The van der Waals surface area contributed by atoms with Crippen molar-refractivity contribution in [3.8, 4) is 5.75 Å². The lowest BCUT2D eigenvalue weighted by molar-refractivity contribution is 0.0897. The lowest BCUT2D eigenvalue weighted by Crippen LogP contribution is -2.29. The Hall–Kier alpha value is -2.36. The van der Waals surface area contributed by atoms with Crippen LogP contribution in [0.15, 0.2) is 66.7 Å². The number of nitrogens with zero attached hydrogens (tertiary/aromatic N) is 1. The second-order valence-corrected chi connectivity index (χ2v) is 6.94. The summed E-state index contributed by atoms with van der Waals surface area (Å²) in [5.41, 5.74) is 1.96. The summed E-state index contributed by atoms with van der Waals surface area (Å²) in [5.74, 6) is 0.953. The van der Waals surface area contributed by atoms with E-state index in [1.54, 1.807) is 7.11 Å². The first kappa shape index (κ1) is 20.9. The summed E-state index contributed by atoms with van der Waals surface area (Å²) in [4.78, 5) is 15.3. The number of rotatable bonds is 7. The third kappa shape index (κ3) is 5.31. The average molecular weight is 384 g/mol. The van der Waals surface area contributed by atoms with Gasteiger partial charge in [0.15, 0.2) is 5.78 Å². The van der Waals surface area contributed by atoms with Crippen LogP contribution in [0.4, 0.5) is 0 Å². The highest BCUT2D eigenvalue weighted by molar-refractivity contribution is 6.01. The zero-order valence-corrected chi connectivity index (χ0v) is 16.8. The summed E-state index contributed by atoms with van der Waals surface area (Å²) >= 11 is 0. The number of ether oxygens (including phenoxy) is 1. The van der Waals surface area contributed by atoms with Gasteiger partial charge in [0.2, 0.25) is 0 Å². The molecule has 0 radical (unpaired) electrons. The number of Topliss-reactive ketones (excluding diaryl/α,β-unsaturated/α-hetero) is 1. The first-order valence-electron chi connectivity index (χ1n) is 8.87. The molecule has 3 aromatic rings. The van der Waals surface area contributed by atoms with Crippen molar-refractivity contribution in [2.24, 2.45) is 5.92 Å². The third-order valence-electron chi connectivity index (χ3n) is 4.61. The molecule has 4 heteroatoms. The molecule has 1 unspecified atom stereocenters. The van der Waals surface area contributed by atoms with Crippen LogP contribution in [0.25, 0.3) is 10.8 Å². The summed E-state index contributed by atoms with van der Waals surface area (Å²) in [7, 11) is 5.68. The van der Waals surface area contributed by atoms with Gasteiger partial charge >= 0.3 is 0 Å². The molecular formula is C23H26ClNO2. The van der Waals surface area contributed by atoms with Crippen LogP contribution in [0.1, 0.15) is 15.9 Å². The van der Waals surface area contributed by atoms with Crippen LogP contribution in [-0.4, -0.2) is 38.4 Å². The molecule has 0 aliphatic carbocycles. The van der Waals surface area contributed by atoms with Crippen molar-refractivity contribution in [2.45, 2.75) is 6.42 Å². The predicted molar refractivity (Wildman–Crippen MR) is 114 cm³/mol. The van der Waals surface area contributed by atoms with Gasteiger partial charge in [-0.3, -0.25) is 4.79 Å². The molecule has 0 bridgehead atoms. The normalized spacial score (nSPS) is 11.9. The van der Waals surface area contributed by atoms with Crippen molar-refractivity contribution < 1.29 is 9.53 Å². The topological polar surface area (TPSA) is 29.5 Å². The van der Waals surface area contributed by atoms with Crippen LogP contribution >= 0.6 is 12.4 Å². The molecule has 0 saturated carbocycles. The number of carbonyl (C=O) groups excluding carboxylic acids is 1. The van der Waals surface area contributed by atoms with E-state index in [1.165, 1.54) is 5.56 Å². The standard InChI is InChI=1S/C23H25NO2.ClH/c1-24(2)16-21(13-17-7-5-4-6-8-17)23(25)20-10-9-19-15-22(26-3)12-11-18(19)14-20;/h4-12,14-15,21H,13,16H2,1-3H3;1H. The maximum absolute atomic E-state index is 13.2. The van der Waals surface area contributed by atoms with E-state index in [2.05, 4.69) is 17.0 Å². The van der Waals surface area contributed by atoms with E-state index in [0.29, 0.717) is 0 Å². The third-order valence-corrected chi connectivity index (χ3v) is 4.61. The number of ketones is 1. The smallest absolute Gasteiger partial charge is 0.167 e. The lowest BCUT2D eigenvalue weighted by atomic mass is 9.90. The van der Waals surface area contributed by atoms with Crippen molar-refractivity contribution in [2.75, 3.05) is 27.7 Å². The molecule has 0 spiro atoms. The number of halogens is 1. The van der Waals surface area contributed by atoms with Crippen molar-refractivity contribution in [3.63, 3.8) is 0 Å². The Bertz CT molecular complexity index is 893. The van der Waals surface area contributed by atoms with Crippen LogP contribution in [0.2, 0.25) is 0 Å². The van der Waals surface area contributed by atoms with Crippen molar-refractivity contribution in [3.05, 3.63) is 77.9 Å². The lowest BCUT2D eigenvalue weighted by Gasteiger charge is -2.20. The largest absolute Gasteiger partial charge is 0.497 e. The van der Waals surface area contributed by atoms with E-state index in [9.17, 15) is 4.79 Å². The maximum Gasteiger partial charge on any atom is 0.167 e. The van der Waals surface area contributed by atoms with E-state index < -0.39 is 0 Å².